The zero-order valence-corrected chi connectivity index (χ0v) is 10.4. The summed E-state index contributed by atoms with van der Waals surface area (Å²) in [5, 5.41) is 2.90. The van der Waals surface area contributed by atoms with E-state index in [9.17, 15) is 4.79 Å². The summed E-state index contributed by atoms with van der Waals surface area (Å²) >= 11 is 0. The molecule has 1 aliphatic rings. The highest BCUT2D eigenvalue weighted by atomic mass is 16.2. The van der Waals surface area contributed by atoms with Crippen LogP contribution in [0.1, 0.15) is 25.0 Å². The molecule has 0 aromatic heterocycles. The summed E-state index contributed by atoms with van der Waals surface area (Å²) < 4.78 is 0. The first-order valence-electron chi connectivity index (χ1n) is 5.93. The largest absolute Gasteiger partial charge is 0.399 e. The molecule has 1 aliphatic heterocycles. The number of fused-ring (bicyclic) bond motifs is 1. The second-order valence-corrected chi connectivity index (χ2v) is 4.90. The van der Waals surface area contributed by atoms with E-state index >= 15 is 0 Å². The summed E-state index contributed by atoms with van der Waals surface area (Å²) in [7, 11) is 0. The van der Waals surface area contributed by atoms with Crippen molar-refractivity contribution in [3.8, 4) is 0 Å². The molecule has 92 valence electrons. The van der Waals surface area contributed by atoms with Gasteiger partial charge >= 0.3 is 0 Å². The van der Waals surface area contributed by atoms with Crippen LogP contribution >= 0.6 is 0 Å². The Kier molecular flexibility index (Phi) is 3.33. The van der Waals surface area contributed by atoms with Crippen molar-refractivity contribution in [3.05, 3.63) is 29.3 Å². The molecular weight excluding hydrogens is 214 g/mol. The summed E-state index contributed by atoms with van der Waals surface area (Å²) in [6.45, 7) is 6.04. The van der Waals surface area contributed by atoms with Gasteiger partial charge in [-0.3, -0.25) is 9.69 Å². The van der Waals surface area contributed by atoms with E-state index in [1.54, 1.807) is 0 Å². The quantitative estimate of drug-likeness (QED) is 0.769. The van der Waals surface area contributed by atoms with E-state index in [-0.39, 0.29) is 11.9 Å². The molecule has 0 radical (unpaired) electrons. The van der Waals surface area contributed by atoms with Crippen LogP contribution in [0.25, 0.3) is 0 Å². The minimum Gasteiger partial charge on any atom is -0.399 e. The zero-order chi connectivity index (χ0) is 12.4. The van der Waals surface area contributed by atoms with Gasteiger partial charge in [0.25, 0.3) is 0 Å². The average Bonchev–Trinajstić information content (AvgIpc) is 2.57. The van der Waals surface area contributed by atoms with E-state index in [0.717, 1.165) is 18.8 Å². The molecule has 4 nitrogen and oxygen atoms in total. The van der Waals surface area contributed by atoms with E-state index in [1.165, 1.54) is 11.1 Å². The molecular formula is C13H19N3O. The Morgan fingerprint density at radius 1 is 1.41 bits per heavy atom. The van der Waals surface area contributed by atoms with Crippen LogP contribution in [0.15, 0.2) is 18.2 Å². The lowest BCUT2D eigenvalue weighted by Crippen LogP contribution is -2.38. The van der Waals surface area contributed by atoms with Gasteiger partial charge in [-0.2, -0.15) is 0 Å². The topological polar surface area (TPSA) is 58.4 Å². The maximum atomic E-state index is 11.6. The van der Waals surface area contributed by atoms with Crippen LogP contribution in [0.4, 0.5) is 5.69 Å². The maximum absolute atomic E-state index is 11.6. The van der Waals surface area contributed by atoms with Gasteiger partial charge < -0.3 is 11.1 Å². The molecule has 4 heteroatoms. The first-order chi connectivity index (χ1) is 8.04. The Labute approximate surface area is 102 Å². The van der Waals surface area contributed by atoms with Gasteiger partial charge in [-0.25, -0.2) is 0 Å². The van der Waals surface area contributed by atoms with Crippen molar-refractivity contribution < 1.29 is 4.79 Å². The van der Waals surface area contributed by atoms with Gasteiger partial charge in [0.15, 0.2) is 0 Å². The van der Waals surface area contributed by atoms with E-state index in [0.29, 0.717) is 6.54 Å². The molecule has 1 heterocycles. The fourth-order valence-electron chi connectivity index (χ4n) is 2.17. The fraction of sp³-hybridized carbons (Fsp3) is 0.462. The molecule has 0 fully saturated rings. The highest BCUT2D eigenvalue weighted by Crippen LogP contribution is 2.24. The molecule has 1 aromatic rings. The molecule has 1 amide bonds. The average molecular weight is 233 g/mol. The minimum absolute atomic E-state index is 0.0841. The van der Waals surface area contributed by atoms with Crippen molar-refractivity contribution in [3.63, 3.8) is 0 Å². The van der Waals surface area contributed by atoms with Crippen molar-refractivity contribution in [2.75, 3.05) is 12.3 Å². The third-order valence-electron chi connectivity index (χ3n) is 2.84. The zero-order valence-electron chi connectivity index (χ0n) is 10.4. The number of nitrogens with two attached hydrogens (primary N) is 1. The smallest absolute Gasteiger partial charge is 0.234 e. The number of amides is 1. The number of anilines is 1. The Morgan fingerprint density at radius 3 is 2.82 bits per heavy atom. The van der Waals surface area contributed by atoms with Crippen molar-refractivity contribution in [2.45, 2.75) is 33.0 Å². The molecule has 0 bridgehead atoms. The van der Waals surface area contributed by atoms with E-state index < -0.39 is 0 Å². The van der Waals surface area contributed by atoms with E-state index in [4.69, 9.17) is 5.73 Å². The SMILES string of the molecule is CC(C)NC(=O)CN1Cc2ccc(N)cc2C1. The van der Waals surface area contributed by atoms with Gasteiger partial charge in [-0.15, -0.1) is 0 Å². The number of nitrogens with one attached hydrogen (secondary N) is 1. The molecule has 0 atom stereocenters. The van der Waals surface area contributed by atoms with Gasteiger partial charge in [0.2, 0.25) is 5.91 Å². The van der Waals surface area contributed by atoms with Crippen LogP contribution in [0, 0.1) is 0 Å². The first kappa shape index (κ1) is 11.9. The molecule has 0 saturated carbocycles. The predicted molar refractivity (Wildman–Crippen MR) is 68.2 cm³/mol. The monoisotopic (exact) mass is 233 g/mol. The second-order valence-electron chi connectivity index (χ2n) is 4.90. The minimum atomic E-state index is 0.0841. The highest BCUT2D eigenvalue weighted by Gasteiger charge is 2.20. The molecule has 0 spiro atoms. The summed E-state index contributed by atoms with van der Waals surface area (Å²) in [4.78, 5) is 13.8. The van der Waals surface area contributed by atoms with Crippen LogP contribution in [-0.4, -0.2) is 23.4 Å². The van der Waals surface area contributed by atoms with Crippen molar-refractivity contribution >= 4 is 11.6 Å². The molecule has 2 rings (SSSR count). The Bertz CT molecular complexity index is 429. The van der Waals surface area contributed by atoms with Gasteiger partial charge in [0, 0.05) is 24.8 Å². The lowest BCUT2D eigenvalue weighted by molar-refractivity contribution is -0.122. The van der Waals surface area contributed by atoms with E-state index in [2.05, 4.69) is 10.2 Å². The van der Waals surface area contributed by atoms with Crippen LogP contribution < -0.4 is 11.1 Å². The van der Waals surface area contributed by atoms with Gasteiger partial charge in [-0.05, 0) is 37.1 Å². The lowest BCUT2D eigenvalue weighted by Gasteiger charge is -2.15. The van der Waals surface area contributed by atoms with Crippen molar-refractivity contribution in [1.29, 1.82) is 0 Å². The van der Waals surface area contributed by atoms with Crippen molar-refractivity contribution in [1.82, 2.24) is 10.2 Å². The lowest BCUT2D eigenvalue weighted by atomic mass is 10.1. The number of nitrogen functional groups attached to an aromatic ring is 1. The third-order valence-corrected chi connectivity index (χ3v) is 2.84. The number of rotatable bonds is 3. The molecule has 1 aromatic carbocycles. The van der Waals surface area contributed by atoms with Gasteiger partial charge in [0.05, 0.1) is 6.54 Å². The van der Waals surface area contributed by atoms with Crippen LogP contribution in [0.2, 0.25) is 0 Å². The van der Waals surface area contributed by atoms with Gasteiger partial charge in [-0.1, -0.05) is 6.07 Å². The summed E-state index contributed by atoms with van der Waals surface area (Å²) in [6, 6.07) is 6.15. The second kappa shape index (κ2) is 4.75. The van der Waals surface area contributed by atoms with Crippen molar-refractivity contribution in [2.24, 2.45) is 0 Å². The number of hydrogen-bond donors (Lipinski definition) is 2. The van der Waals surface area contributed by atoms with Crippen LogP contribution in [0.5, 0.6) is 0 Å². The van der Waals surface area contributed by atoms with E-state index in [1.807, 2.05) is 32.0 Å². The standard InChI is InChI=1S/C13H19N3O/c1-9(2)15-13(17)8-16-6-10-3-4-12(14)5-11(10)7-16/h3-5,9H,6-8,14H2,1-2H3,(H,15,17). The number of carbonyl (C=O) groups is 1. The number of carbonyl (C=O) groups excluding carboxylic acids is 1. The number of hydrogen-bond acceptors (Lipinski definition) is 3. The molecule has 3 N–H and O–H groups in total. The number of benzene rings is 1. The number of nitrogens with zero attached hydrogens (tertiary/aromatic N) is 1. The Morgan fingerprint density at radius 2 is 2.12 bits per heavy atom. The third kappa shape index (κ3) is 2.97. The van der Waals surface area contributed by atoms with Crippen LogP contribution in [0.3, 0.4) is 0 Å². The van der Waals surface area contributed by atoms with Crippen LogP contribution in [-0.2, 0) is 17.9 Å². The molecule has 0 aliphatic carbocycles. The summed E-state index contributed by atoms with van der Waals surface area (Å²) in [6.07, 6.45) is 0. The molecule has 17 heavy (non-hydrogen) atoms. The Balaban J connectivity index is 1.94. The summed E-state index contributed by atoms with van der Waals surface area (Å²) in [5.74, 6) is 0.0841. The first-order valence-corrected chi connectivity index (χ1v) is 5.93. The highest BCUT2D eigenvalue weighted by molar-refractivity contribution is 5.78. The molecule has 0 unspecified atom stereocenters. The maximum Gasteiger partial charge on any atom is 0.234 e. The Hall–Kier alpha value is -1.55. The summed E-state index contributed by atoms with van der Waals surface area (Å²) in [5.41, 5.74) is 9.05. The predicted octanol–water partition coefficient (Wildman–Crippen LogP) is 1.11. The molecule has 0 saturated heterocycles. The van der Waals surface area contributed by atoms with Gasteiger partial charge in [0.1, 0.15) is 0 Å². The normalized spacial score (nSPS) is 15.0. The fourth-order valence-corrected chi connectivity index (χ4v) is 2.17.